The van der Waals surface area contributed by atoms with E-state index in [0.29, 0.717) is 0 Å². The van der Waals surface area contributed by atoms with Gasteiger partial charge in [0.2, 0.25) is 0 Å². The van der Waals surface area contributed by atoms with Crippen LogP contribution in [-0.2, 0) is 5.41 Å². The Hall–Kier alpha value is -3.92. The normalized spacial score (nSPS) is 14.4. The van der Waals surface area contributed by atoms with Gasteiger partial charge < -0.3 is 20.9 Å². The lowest BCUT2D eigenvalue weighted by Crippen LogP contribution is -2.33. The molecule has 0 heterocycles. The number of benzene rings is 4. The van der Waals surface area contributed by atoms with Gasteiger partial charge in [0.15, 0.2) is 0 Å². The van der Waals surface area contributed by atoms with Crippen molar-refractivity contribution in [3.8, 4) is 23.0 Å². The predicted molar refractivity (Wildman–Crippen MR) is 217 cm³/mol. The van der Waals surface area contributed by atoms with Crippen LogP contribution in [0.1, 0.15) is 146 Å². The van der Waals surface area contributed by atoms with Crippen molar-refractivity contribution in [2.24, 2.45) is 5.92 Å². The van der Waals surface area contributed by atoms with Crippen molar-refractivity contribution in [3.05, 3.63) is 108 Å². The fourth-order valence-electron chi connectivity index (χ4n) is 8.04. The number of hydrogen-bond acceptors (Lipinski definition) is 4. The Kier molecular flexibility index (Phi) is 15.6. The van der Waals surface area contributed by atoms with E-state index in [-0.39, 0.29) is 5.41 Å². The van der Waals surface area contributed by atoms with Gasteiger partial charge in [-0.2, -0.15) is 0 Å². The average molecular weight is 689 g/mol. The number of nitrogens with two attached hydrogens (primary N) is 2. The van der Waals surface area contributed by atoms with E-state index in [1.807, 2.05) is 48.5 Å². The maximum Gasteiger partial charge on any atom is 0.127 e. The zero-order valence-electron chi connectivity index (χ0n) is 31.4. The molecular weight excluding hydrogens is 625 g/mol. The second-order valence-corrected chi connectivity index (χ2v) is 15.2. The van der Waals surface area contributed by atoms with E-state index in [9.17, 15) is 0 Å². The van der Waals surface area contributed by atoms with Crippen molar-refractivity contribution in [1.29, 1.82) is 0 Å². The quantitative estimate of drug-likeness (QED) is 0.0637. The zero-order valence-corrected chi connectivity index (χ0v) is 31.4. The molecule has 1 aliphatic rings. The Bertz CT molecular complexity index is 1410. The Labute approximate surface area is 309 Å². The second-order valence-electron chi connectivity index (χ2n) is 15.2. The lowest BCUT2D eigenvalue weighted by atomic mass is 9.62. The number of rotatable bonds is 22. The number of hydrogen-bond donors (Lipinski definition) is 2. The molecule has 0 unspecified atom stereocenters. The fraction of sp³-hybridized carbons (Fsp3) is 0.489. The molecule has 0 bridgehead atoms. The van der Waals surface area contributed by atoms with Crippen LogP contribution in [-0.4, -0.2) is 0 Å². The minimum atomic E-state index is -0.0228. The third kappa shape index (κ3) is 12.4. The molecule has 0 radical (unpaired) electrons. The van der Waals surface area contributed by atoms with Crippen LogP contribution in [0.15, 0.2) is 97.1 Å². The molecule has 4 nitrogen and oxygen atoms in total. The third-order valence-corrected chi connectivity index (χ3v) is 11.2. The predicted octanol–water partition coefficient (Wildman–Crippen LogP) is 14.2. The maximum absolute atomic E-state index is 6.15. The van der Waals surface area contributed by atoms with E-state index in [1.54, 1.807) is 0 Å². The molecule has 5 rings (SSSR count). The number of unbranched alkanes of at least 4 members (excludes halogenated alkanes) is 14. The zero-order chi connectivity index (χ0) is 35.6. The van der Waals surface area contributed by atoms with Gasteiger partial charge in [-0.25, -0.2) is 0 Å². The molecule has 4 N–H and O–H groups in total. The van der Waals surface area contributed by atoms with Crippen LogP contribution in [0.4, 0.5) is 11.4 Å². The van der Waals surface area contributed by atoms with Crippen LogP contribution in [0, 0.1) is 5.92 Å². The summed E-state index contributed by atoms with van der Waals surface area (Å²) in [6.45, 7) is 2.30. The molecule has 4 aromatic carbocycles. The van der Waals surface area contributed by atoms with Crippen LogP contribution in [0.5, 0.6) is 23.0 Å². The first kappa shape index (κ1) is 38.3. The van der Waals surface area contributed by atoms with Crippen molar-refractivity contribution < 1.29 is 9.47 Å². The Morgan fingerprint density at radius 3 is 1.12 bits per heavy atom. The van der Waals surface area contributed by atoms with Gasteiger partial charge in [-0.05, 0) is 116 Å². The summed E-state index contributed by atoms with van der Waals surface area (Å²) in [4.78, 5) is 0. The molecule has 0 spiro atoms. The van der Waals surface area contributed by atoms with Crippen molar-refractivity contribution in [1.82, 2.24) is 0 Å². The Morgan fingerprint density at radius 2 is 0.765 bits per heavy atom. The lowest BCUT2D eigenvalue weighted by Gasteiger charge is -2.41. The highest BCUT2D eigenvalue weighted by Gasteiger charge is 2.38. The molecule has 274 valence electrons. The summed E-state index contributed by atoms with van der Waals surface area (Å²) in [7, 11) is 0. The molecule has 0 atom stereocenters. The van der Waals surface area contributed by atoms with Crippen molar-refractivity contribution in [2.75, 3.05) is 11.5 Å². The SMILES string of the molecule is CCCCCCCCCCCCCCCCCC1CCC(c2ccc(Oc3ccc(N)cc3)cc2)(c2ccc(Oc3ccc(N)cc3)cc2)CC1. The Balaban J connectivity index is 1.10. The molecule has 0 amide bonds. The summed E-state index contributed by atoms with van der Waals surface area (Å²) >= 11 is 0. The molecule has 51 heavy (non-hydrogen) atoms. The van der Waals surface area contributed by atoms with E-state index < -0.39 is 0 Å². The summed E-state index contributed by atoms with van der Waals surface area (Å²) in [5.74, 6) is 4.09. The van der Waals surface area contributed by atoms with E-state index in [4.69, 9.17) is 20.9 Å². The number of anilines is 2. The smallest absolute Gasteiger partial charge is 0.127 e. The second kappa shape index (κ2) is 20.8. The molecule has 0 saturated heterocycles. The first-order valence-electron chi connectivity index (χ1n) is 20.3. The molecule has 0 aromatic heterocycles. The van der Waals surface area contributed by atoms with Gasteiger partial charge in [0.05, 0.1) is 0 Å². The van der Waals surface area contributed by atoms with Gasteiger partial charge in [-0.3, -0.25) is 0 Å². The van der Waals surface area contributed by atoms with Gasteiger partial charge in [0.25, 0.3) is 0 Å². The minimum absolute atomic E-state index is 0.0228. The lowest BCUT2D eigenvalue weighted by molar-refractivity contribution is 0.250. The van der Waals surface area contributed by atoms with E-state index >= 15 is 0 Å². The summed E-state index contributed by atoms with van der Waals surface area (Å²) in [6.07, 6.45) is 27.6. The Morgan fingerprint density at radius 1 is 0.451 bits per heavy atom. The summed E-state index contributed by atoms with van der Waals surface area (Å²) in [5, 5.41) is 0. The highest BCUT2D eigenvalue weighted by atomic mass is 16.5. The van der Waals surface area contributed by atoms with Crippen LogP contribution in [0.25, 0.3) is 0 Å². The van der Waals surface area contributed by atoms with Gasteiger partial charge >= 0.3 is 0 Å². The van der Waals surface area contributed by atoms with E-state index in [1.165, 1.54) is 127 Å². The highest BCUT2D eigenvalue weighted by Crippen LogP contribution is 2.48. The molecule has 1 saturated carbocycles. The average Bonchev–Trinajstić information content (AvgIpc) is 3.16. The van der Waals surface area contributed by atoms with E-state index in [2.05, 4.69) is 55.5 Å². The monoisotopic (exact) mass is 688 g/mol. The van der Waals surface area contributed by atoms with Crippen molar-refractivity contribution >= 4 is 11.4 Å². The first-order chi connectivity index (χ1) is 25.0. The molecule has 1 fully saturated rings. The molecule has 4 aromatic rings. The van der Waals surface area contributed by atoms with Gasteiger partial charge in [0, 0.05) is 16.8 Å². The van der Waals surface area contributed by atoms with Gasteiger partial charge in [-0.15, -0.1) is 0 Å². The number of ether oxygens (including phenoxy) is 2. The van der Waals surface area contributed by atoms with Crippen LogP contribution in [0.3, 0.4) is 0 Å². The largest absolute Gasteiger partial charge is 0.457 e. The van der Waals surface area contributed by atoms with Crippen LogP contribution < -0.4 is 20.9 Å². The van der Waals surface area contributed by atoms with Crippen molar-refractivity contribution in [3.63, 3.8) is 0 Å². The van der Waals surface area contributed by atoms with E-state index in [0.717, 1.165) is 53.1 Å². The van der Waals surface area contributed by atoms with Gasteiger partial charge in [-0.1, -0.05) is 134 Å². The van der Waals surface area contributed by atoms with Crippen molar-refractivity contribution in [2.45, 2.75) is 141 Å². The maximum atomic E-state index is 6.15. The summed E-state index contributed by atoms with van der Waals surface area (Å²) < 4.78 is 12.3. The fourth-order valence-corrected chi connectivity index (χ4v) is 8.04. The van der Waals surface area contributed by atoms with Crippen LogP contribution in [0.2, 0.25) is 0 Å². The highest BCUT2D eigenvalue weighted by molar-refractivity contribution is 5.47. The summed E-state index contributed by atoms with van der Waals surface area (Å²) in [6, 6.07) is 32.7. The molecule has 4 heteroatoms. The van der Waals surface area contributed by atoms with Crippen LogP contribution >= 0.6 is 0 Å². The summed E-state index contributed by atoms with van der Waals surface area (Å²) in [5.41, 5.74) is 15.9. The standard InChI is InChI=1S/C47H64N2O2/c1-2-3-4-5-6-7-8-9-10-11-12-13-14-15-16-17-38-34-36-47(37-35-38,39-18-26-43(27-19-39)50-45-30-22-41(48)23-31-45)40-20-28-44(29-21-40)51-46-32-24-42(49)25-33-46/h18-33,38H,2-17,34-37,48-49H2,1H3. The molecule has 1 aliphatic carbocycles. The third-order valence-electron chi connectivity index (χ3n) is 11.2. The first-order valence-corrected chi connectivity index (χ1v) is 20.3. The van der Waals surface area contributed by atoms with Gasteiger partial charge in [0.1, 0.15) is 23.0 Å². The minimum Gasteiger partial charge on any atom is -0.457 e. The molecular formula is C47H64N2O2. The molecule has 0 aliphatic heterocycles. The topological polar surface area (TPSA) is 70.5 Å². The number of nitrogen functional groups attached to an aromatic ring is 2.